The van der Waals surface area contributed by atoms with Gasteiger partial charge in [0.05, 0.1) is 6.10 Å². The van der Waals surface area contributed by atoms with E-state index < -0.39 is 5.97 Å². The van der Waals surface area contributed by atoms with E-state index in [0.717, 1.165) is 6.08 Å². The summed E-state index contributed by atoms with van der Waals surface area (Å²) in [4.78, 5) is 9.25. The Bertz CT molecular complexity index is 159. The van der Waals surface area contributed by atoms with E-state index in [1.54, 1.807) is 6.92 Å². The van der Waals surface area contributed by atoms with E-state index in [9.17, 15) is 4.79 Å². The maximum Gasteiger partial charge on any atom is 0.327 e. The molecule has 0 rings (SSSR count). The molecule has 3 N–H and O–H groups in total. The average molecular weight is 225 g/mol. The van der Waals surface area contributed by atoms with Crippen molar-refractivity contribution >= 4 is 17.6 Å². The quantitative estimate of drug-likeness (QED) is 0.481. The lowest BCUT2D eigenvalue weighted by molar-refractivity contribution is -0.131. The van der Waals surface area contributed by atoms with Gasteiger partial charge in [-0.05, 0) is 19.8 Å². The minimum absolute atomic E-state index is 0.0880. The number of aliphatic hydroxyl groups is 2. The first kappa shape index (κ1) is 15.9. The molecule has 4 nitrogen and oxygen atoms in total. The van der Waals surface area contributed by atoms with Crippen LogP contribution >= 0.6 is 11.6 Å². The van der Waals surface area contributed by atoms with Gasteiger partial charge >= 0.3 is 5.97 Å². The molecule has 0 saturated heterocycles. The number of aliphatic hydroxyl groups excluding tert-OH is 2. The normalized spacial score (nSPS) is 13.4. The van der Waals surface area contributed by atoms with E-state index >= 15 is 0 Å². The number of carboxylic acid groups (broad SMARTS) is 1. The van der Waals surface area contributed by atoms with E-state index in [1.807, 2.05) is 0 Å². The Morgan fingerprint density at radius 2 is 2.07 bits per heavy atom. The lowest BCUT2D eigenvalue weighted by Crippen LogP contribution is -2.10. The number of hydrogen-bond acceptors (Lipinski definition) is 3. The zero-order valence-electron chi connectivity index (χ0n) is 8.19. The van der Waals surface area contributed by atoms with Crippen LogP contribution in [0.25, 0.3) is 0 Å². The number of halogens is 1. The van der Waals surface area contributed by atoms with Crippen molar-refractivity contribution < 1.29 is 20.1 Å². The summed E-state index contributed by atoms with van der Waals surface area (Å²) >= 11 is 5.66. The highest BCUT2D eigenvalue weighted by Gasteiger charge is 2.06. The third-order valence-corrected chi connectivity index (χ3v) is 1.61. The summed E-state index contributed by atoms with van der Waals surface area (Å²) in [6, 6.07) is 0. The Balaban J connectivity index is 0. The van der Waals surface area contributed by atoms with Gasteiger partial charge in [-0.15, -0.1) is 11.6 Å². The fraction of sp³-hybridized carbons (Fsp3) is 0.667. The van der Waals surface area contributed by atoms with Crippen LogP contribution in [-0.4, -0.2) is 39.4 Å². The van der Waals surface area contributed by atoms with Gasteiger partial charge in [0.2, 0.25) is 0 Å². The van der Waals surface area contributed by atoms with E-state index in [-0.39, 0.29) is 18.1 Å². The first-order valence-electron chi connectivity index (χ1n) is 4.22. The fourth-order valence-electron chi connectivity index (χ4n) is 0.628. The molecule has 2 atom stereocenters. The number of carbonyl (C=O) groups is 1. The van der Waals surface area contributed by atoms with Gasteiger partial charge in [0.25, 0.3) is 0 Å². The Labute approximate surface area is 88.8 Å². The molecule has 0 bridgehead atoms. The summed E-state index contributed by atoms with van der Waals surface area (Å²) in [5.74, 6) is -0.981. The highest BCUT2D eigenvalue weighted by Crippen LogP contribution is 2.08. The Hall–Kier alpha value is -0.580. The minimum Gasteiger partial charge on any atom is -0.478 e. The lowest BCUT2D eigenvalue weighted by Gasteiger charge is -2.08. The molecule has 5 heteroatoms. The Kier molecular flexibility index (Phi) is 11.9. The second kappa shape index (κ2) is 10.5. The molecule has 14 heavy (non-hydrogen) atoms. The second-order valence-corrected chi connectivity index (χ2v) is 3.35. The van der Waals surface area contributed by atoms with Gasteiger partial charge in [0, 0.05) is 18.1 Å². The standard InChI is InChI=1S/C6H13ClO2.C3H4O2/c1-5(9)4-6(7)2-3-8;1-2-3(4)5/h5-6,8-9H,2-4H2,1H3;2H,1H2,(H,4,5). The third-order valence-electron chi connectivity index (χ3n) is 1.21. The maximum atomic E-state index is 9.25. The van der Waals surface area contributed by atoms with Crippen molar-refractivity contribution in [2.75, 3.05) is 6.61 Å². The molecule has 0 spiro atoms. The first-order valence-corrected chi connectivity index (χ1v) is 4.66. The van der Waals surface area contributed by atoms with Crippen LogP contribution in [-0.2, 0) is 4.79 Å². The van der Waals surface area contributed by atoms with E-state index in [2.05, 4.69) is 6.58 Å². The number of alkyl halides is 1. The minimum atomic E-state index is -0.981. The molecule has 0 fully saturated rings. The maximum absolute atomic E-state index is 9.25. The summed E-state index contributed by atoms with van der Waals surface area (Å²) in [6.45, 7) is 4.75. The largest absolute Gasteiger partial charge is 0.478 e. The molecule has 0 saturated carbocycles. The van der Waals surface area contributed by atoms with Crippen LogP contribution in [0.3, 0.4) is 0 Å². The zero-order chi connectivity index (χ0) is 11.6. The number of carboxylic acids is 1. The molecule has 0 aliphatic heterocycles. The topological polar surface area (TPSA) is 77.8 Å². The van der Waals surface area contributed by atoms with Crippen LogP contribution < -0.4 is 0 Å². The molecule has 0 radical (unpaired) electrons. The summed E-state index contributed by atoms with van der Waals surface area (Å²) in [7, 11) is 0. The average Bonchev–Trinajstić information content (AvgIpc) is 2.04. The monoisotopic (exact) mass is 224 g/mol. The predicted molar refractivity (Wildman–Crippen MR) is 55.5 cm³/mol. The van der Waals surface area contributed by atoms with Gasteiger partial charge in [-0.1, -0.05) is 6.58 Å². The zero-order valence-corrected chi connectivity index (χ0v) is 8.94. The third kappa shape index (κ3) is 17.5. The molecule has 2 unspecified atom stereocenters. The molecule has 0 aromatic rings. The van der Waals surface area contributed by atoms with E-state index in [1.165, 1.54) is 0 Å². The SMILES string of the molecule is C=CC(=O)O.CC(O)CC(Cl)CCO. The molecular formula is C9H17ClO4. The van der Waals surface area contributed by atoms with Crippen LogP contribution in [0.4, 0.5) is 0 Å². The van der Waals surface area contributed by atoms with Gasteiger partial charge in [0.1, 0.15) is 0 Å². The van der Waals surface area contributed by atoms with E-state index in [0.29, 0.717) is 12.8 Å². The van der Waals surface area contributed by atoms with Crippen molar-refractivity contribution in [1.29, 1.82) is 0 Å². The van der Waals surface area contributed by atoms with E-state index in [4.69, 9.17) is 26.9 Å². The van der Waals surface area contributed by atoms with Gasteiger partial charge in [-0.3, -0.25) is 0 Å². The fourth-order valence-corrected chi connectivity index (χ4v) is 0.984. The number of aliphatic carboxylic acids is 1. The predicted octanol–water partition coefficient (Wildman–Crippen LogP) is 1.00. The van der Waals surface area contributed by atoms with Crippen LogP contribution in [0.15, 0.2) is 12.7 Å². The van der Waals surface area contributed by atoms with Gasteiger partial charge in [-0.25, -0.2) is 4.79 Å². The molecule has 84 valence electrons. The van der Waals surface area contributed by atoms with Crippen LogP contribution in [0, 0.1) is 0 Å². The Morgan fingerprint density at radius 1 is 1.64 bits per heavy atom. The summed E-state index contributed by atoms with van der Waals surface area (Å²) in [5, 5.41) is 24.7. The molecule has 0 heterocycles. The summed E-state index contributed by atoms with van der Waals surface area (Å²) < 4.78 is 0. The van der Waals surface area contributed by atoms with Crippen molar-refractivity contribution in [3.63, 3.8) is 0 Å². The highest BCUT2D eigenvalue weighted by molar-refractivity contribution is 6.20. The number of rotatable bonds is 5. The first-order chi connectivity index (χ1) is 6.43. The lowest BCUT2D eigenvalue weighted by atomic mass is 10.2. The van der Waals surface area contributed by atoms with Gasteiger partial charge < -0.3 is 15.3 Å². The Morgan fingerprint density at radius 3 is 2.29 bits per heavy atom. The molecule has 0 aromatic carbocycles. The molecule has 0 aliphatic rings. The van der Waals surface area contributed by atoms with Crippen molar-refractivity contribution in [1.82, 2.24) is 0 Å². The molecular weight excluding hydrogens is 208 g/mol. The molecule has 0 amide bonds. The highest BCUT2D eigenvalue weighted by atomic mass is 35.5. The van der Waals surface area contributed by atoms with Crippen LogP contribution in [0.2, 0.25) is 0 Å². The van der Waals surface area contributed by atoms with Gasteiger partial charge in [-0.2, -0.15) is 0 Å². The van der Waals surface area contributed by atoms with Crippen molar-refractivity contribution in [3.05, 3.63) is 12.7 Å². The smallest absolute Gasteiger partial charge is 0.327 e. The van der Waals surface area contributed by atoms with Crippen molar-refractivity contribution in [3.8, 4) is 0 Å². The molecule has 0 aromatic heterocycles. The van der Waals surface area contributed by atoms with Crippen molar-refractivity contribution in [2.45, 2.75) is 31.2 Å². The molecule has 0 aliphatic carbocycles. The number of hydrogen-bond donors (Lipinski definition) is 3. The summed E-state index contributed by atoms with van der Waals surface area (Å²) in [6.07, 6.45) is 1.59. The van der Waals surface area contributed by atoms with Crippen molar-refractivity contribution in [2.24, 2.45) is 0 Å². The summed E-state index contributed by atoms with van der Waals surface area (Å²) in [5.41, 5.74) is 0. The van der Waals surface area contributed by atoms with Gasteiger partial charge in [0.15, 0.2) is 0 Å². The second-order valence-electron chi connectivity index (χ2n) is 2.74. The van der Waals surface area contributed by atoms with Crippen LogP contribution in [0.5, 0.6) is 0 Å². The van der Waals surface area contributed by atoms with Crippen LogP contribution in [0.1, 0.15) is 19.8 Å².